The number of piperazine rings is 1. The zero-order valence-corrected chi connectivity index (χ0v) is 13.5. The molecule has 0 unspecified atom stereocenters. The monoisotopic (exact) mass is 314 g/mol. The van der Waals surface area contributed by atoms with Crippen molar-refractivity contribution in [3.63, 3.8) is 0 Å². The second-order valence-corrected chi connectivity index (χ2v) is 5.73. The molecular formula is C19H23FN2O. The molecule has 3 nitrogen and oxygen atoms in total. The molecule has 1 saturated heterocycles. The summed E-state index contributed by atoms with van der Waals surface area (Å²) < 4.78 is 19.4. The summed E-state index contributed by atoms with van der Waals surface area (Å²) in [5.74, 6) is -0.206. The molecule has 0 amide bonds. The summed E-state index contributed by atoms with van der Waals surface area (Å²) in [6.45, 7) is 6.92. The Morgan fingerprint density at radius 3 is 2.39 bits per heavy atom. The molecule has 23 heavy (non-hydrogen) atoms. The first-order valence-electron chi connectivity index (χ1n) is 8.20. The van der Waals surface area contributed by atoms with Crippen molar-refractivity contribution < 1.29 is 9.13 Å². The van der Waals surface area contributed by atoms with Gasteiger partial charge in [-0.05, 0) is 36.2 Å². The SMILES string of the molecule is CCOCc1ccc(-c2ccc(N3CCNCC3)cc2)cc1F. The van der Waals surface area contributed by atoms with Gasteiger partial charge in [-0.15, -0.1) is 0 Å². The van der Waals surface area contributed by atoms with Crippen molar-refractivity contribution in [2.75, 3.05) is 37.7 Å². The van der Waals surface area contributed by atoms with Gasteiger partial charge in [0, 0.05) is 44.0 Å². The maximum atomic E-state index is 14.1. The Bertz CT molecular complexity index is 636. The number of nitrogens with zero attached hydrogens (tertiary/aromatic N) is 1. The number of hydrogen-bond donors (Lipinski definition) is 1. The van der Waals surface area contributed by atoms with Gasteiger partial charge in [0.25, 0.3) is 0 Å². The van der Waals surface area contributed by atoms with E-state index in [4.69, 9.17) is 4.74 Å². The minimum atomic E-state index is -0.206. The van der Waals surface area contributed by atoms with Crippen LogP contribution < -0.4 is 10.2 Å². The molecule has 0 saturated carbocycles. The maximum Gasteiger partial charge on any atom is 0.129 e. The molecule has 0 bridgehead atoms. The molecule has 0 aliphatic carbocycles. The highest BCUT2D eigenvalue weighted by atomic mass is 19.1. The highest BCUT2D eigenvalue weighted by molar-refractivity contribution is 5.66. The van der Waals surface area contributed by atoms with Crippen molar-refractivity contribution in [2.24, 2.45) is 0 Å². The maximum absolute atomic E-state index is 14.1. The lowest BCUT2D eigenvalue weighted by Gasteiger charge is -2.29. The van der Waals surface area contributed by atoms with E-state index in [2.05, 4.69) is 34.5 Å². The first kappa shape index (κ1) is 16.0. The molecule has 0 atom stereocenters. The topological polar surface area (TPSA) is 24.5 Å². The van der Waals surface area contributed by atoms with Crippen LogP contribution in [0.3, 0.4) is 0 Å². The Morgan fingerprint density at radius 2 is 1.74 bits per heavy atom. The van der Waals surface area contributed by atoms with Crippen LogP contribution in [0.15, 0.2) is 42.5 Å². The van der Waals surface area contributed by atoms with Gasteiger partial charge in [0.2, 0.25) is 0 Å². The smallest absolute Gasteiger partial charge is 0.129 e. The van der Waals surface area contributed by atoms with E-state index in [1.165, 1.54) is 5.69 Å². The zero-order chi connectivity index (χ0) is 16.1. The molecule has 2 aromatic carbocycles. The Kier molecular flexibility index (Phi) is 5.26. The predicted octanol–water partition coefficient (Wildman–Crippen LogP) is 3.44. The summed E-state index contributed by atoms with van der Waals surface area (Å²) in [5.41, 5.74) is 3.76. The highest BCUT2D eigenvalue weighted by Gasteiger charge is 2.11. The fourth-order valence-corrected chi connectivity index (χ4v) is 2.84. The highest BCUT2D eigenvalue weighted by Crippen LogP contribution is 2.25. The molecule has 1 fully saturated rings. The Balaban J connectivity index is 1.75. The largest absolute Gasteiger partial charge is 0.377 e. The summed E-state index contributed by atoms with van der Waals surface area (Å²) in [6, 6.07) is 13.7. The molecule has 1 aliphatic heterocycles. The third-order valence-corrected chi connectivity index (χ3v) is 4.20. The van der Waals surface area contributed by atoms with Crippen molar-refractivity contribution in [2.45, 2.75) is 13.5 Å². The van der Waals surface area contributed by atoms with E-state index in [1.54, 1.807) is 6.07 Å². The lowest BCUT2D eigenvalue weighted by molar-refractivity contribution is 0.131. The van der Waals surface area contributed by atoms with Gasteiger partial charge in [-0.1, -0.05) is 24.3 Å². The van der Waals surface area contributed by atoms with Crippen LogP contribution in [0.25, 0.3) is 11.1 Å². The van der Waals surface area contributed by atoms with Crippen LogP contribution in [0.2, 0.25) is 0 Å². The number of anilines is 1. The molecule has 1 N–H and O–H groups in total. The standard InChI is InChI=1S/C19H23FN2O/c1-2-23-14-17-4-3-16(13-19(17)20)15-5-7-18(8-6-15)22-11-9-21-10-12-22/h3-8,13,21H,2,9-12,14H2,1H3. The van der Waals surface area contributed by atoms with Gasteiger partial charge in [-0.25, -0.2) is 4.39 Å². The van der Waals surface area contributed by atoms with Crippen LogP contribution in [0.1, 0.15) is 12.5 Å². The van der Waals surface area contributed by atoms with Gasteiger partial charge in [0.15, 0.2) is 0 Å². The average Bonchev–Trinajstić information content (AvgIpc) is 2.61. The van der Waals surface area contributed by atoms with Gasteiger partial charge in [0.05, 0.1) is 6.61 Å². The predicted molar refractivity (Wildman–Crippen MR) is 92.2 cm³/mol. The second kappa shape index (κ2) is 7.57. The summed E-state index contributed by atoms with van der Waals surface area (Å²) in [6.07, 6.45) is 0. The number of ether oxygens (including phenoxy) is 1. The third-order valence-electron chi connectivity index (χ3n) is 4.20. The summed E-state index contributed by atoms with van der Waals surface area (Å²) >= 11 is 0. The van der Waals surface area contributed by atoms with E-state index in [0.717, 1.165) is 37.3 Å². The second-order valence-electron chi connectivity index (χ2n) is 5.73. The molecule has 0 spiro atoms. The number of benzene rings is 2. The van der Waals surface area contributed by atoms with Gasteiger partial charge >= 0.3 is 0 Å². The molecule has 2 aromatic rings. The Hall–Kier alpha value is -1.91. The van der Waals surface area contributed by atoms with E-state index in [1.807, 2.05) is 19.1 Å². The van der Waals surface area contributed by atoms with E-state index in [0.29, 0.717) is 18.8 Å². The molecule has 1 aliphatic rings. The quantitative estimate of drug-likeness (QED) is 0.915. The number of hydrogen-bond acceptors (Lipinski definition) is 3. The van der Waals surface area contributed by atoms with E-state index < -0.39 is 0 Å². The minimum absolute atomic E-state index is 0.206. The van der Waals surface area contributed by atoms with Crippen LogP contribution in [0, 0.1) is 5.82 Å². The average molecular weight is 314 g/mol. The third kappa shape index (κ3) is 3.89. The van der Waals surface area contributed by atoms with Crippen LogP contribution in [0.5, 0.6) is 0 Å². The summed E-state index contributed by atoms with van der Waals surface area (Å²) in [7, 11) is 0. The first-order valence-corrected chi connectivity index (χ1v) is 8.20. The van der Waals surface area contributed by atoms with Crippen molar-refractivity contribution in [3.8, 4) is 11.1 Å². The van der Waals surface area contributed by atoms with Gasteiger partial charge in [-0.3, -0.25) is 0 Å². The van der Waals surface area contributed by atoms with Gasteiger partial charge in [0.1, 0.15) is 5.82 Å². The summed E-state index contributed by atoms with van der Waals surface area (Å²) in [4.78, 5) is 2.37. The molecule has 3 rings (SSSR count). The molecule has 4 heteroatoms. The number of rotatable bonds is 5. The van der Waals surface area contributed by atoms with Crippen LogP contribution in [-0.4, -0.2) is 32.8 Å². The molecule has 1 heterocycles. The van der Waals surface area contributed by atoms with E-state index in [-0.39, 0.29) is 5.82 Å². The van der Waals surface area contributed by atoms with E-state index >= 15 is 0 Å². The fraction of sp³-hybridized carbons (Fsp3) is 0.368. The normalized spacial score (nSPS) is 15.0. The van der Waals surface area contributed by atoms with Crippen LogP contribution in [0.4, 0.5) is 10.1 Å². The Labute approximate surface area is 137 Å². The molecule has 0 aromatic heterocycles. The number of halogens is 1. The van der Waals surface area contributed by atoms with Gasteiger partial charge < -0.3 is 15.0 Å². The zero-order valence-electron chi connectivity index (χ0n) is 13.5. The molecular weight excluding hydrogens is 291 g/mol. The summed E-state index contributed by atoms with van der Waals surface area (Å²) in [5, 5.41) is 3.35. The van der Waals surface area contributed by atoms with Crippen molar-refractivity contribution in [1.82, 2.24) is 5.32 Å². The molecule has 0 radical (unpaired) electrons. The molecule has 122 valence electrons. The fourth-order valence-electron chi connectivity index (χ4n) is 2.84. The van der Waals surface area contributed by atoms with E-state index in [9.17, 15) is 4.39 Å². The lowest BCUT2D eigenvalue weighted by Crippen LogP contribution is -2.43. The van der Waals surface area contributed by atoms with Crippen molar-refractivity contribution in [3.05, 3.63) is 53.8 Å². The Morgan fingerprint density at radius 1 is 1.04 bits per heavy atom. The lowest BCUT2D eigenvalue weighted by atomic mass is 10.0. The minimum Gasteiger partial charge on any atom is -0.377 e. The van der Waals surface area contributed by atoms with Crippen LogP contribution >= 0.6 is 0 Å². The van der Waals surface area contributed by atoms with Crippen LogP contribution in [-0.2, 0) is 11.3 Å². The number of nitrogens with one attached hydrogen (secondary N) is 1. The van der Waals surface area contributed by atoms with Crippen molar-refractivity contribution >= 4 is 5.69 Å². The first-order chi connectivity index (χ1) is 11.3. The van der Waals surface area contributed by atoms with Gasteiger partial charge in [-0.2, -0.15) is 0 Å². The van der Waals surface area contributed by atoms with Crippen molar-refractivity contribution in [1.29, 1.82) is 0 Å².